The molecule has 0 aliphatic rings. The van der Waals surface area contributed by atoms with Crippen molar-refractivity contribution in [2.75, 3.05) is 6.61 Å². The van der Waals surface area contributed by atoms with Crippen LogP contribution in [0, 0.1) is 11.8 Å². The van der Waals surface area contributed by atoms with E-state index in [4.69, 9.17) is 5.11 Å². The summed E-state index contributed by atoms with van der Waals surface area (Å²) in [4.78, 5) is 40.6. The van der Waals surface area contributed by atoms with Crippen LogP contribution in [0.1, 0.15) is 27.7 Å². The summed E-state index contributed by atoms with van der Waals surface area (Å²) in [5.41, 5.74) is 0. The Morgan fingerprint density at radius 2 is 1.71 bits per heavy atom. The summed E-state index contributed by atoms with van der Waals surface area (Å²) in [7, 11) is 0. The predicted octanol–water partition coefficient (Wildman–Crippen LogP) is 0.681. The number of rotatable bonds is 5. The monoisotopic (exact) mass is 246 g/mol. The van der Waals surface area contributed by atoms with Gasteiger partial charge in [-0.3, -0.25) is 9.59 Å². The van der Waals surface area contributed by atoms with Gasteiger partial charge in [-0.05, 0) is 13.8 Å². The third kappa shape index (κ3) is 9.22. The van der Waals surface area contributed by atoms with Crippen LogP contribution in [0.3, 0.4) is 0 Å². The molecule has 6 nitrogen and oxygen atoms in total. The largest absolute Gasteiger partial charge is 0.481 e. The molecule has 1 atom stereocenters. The molecule has 0 rings (SSSR count). The third-order valence-corrected chi connectivity index (χ3v) is 1.59. The molecule has 98 valence electrons. The van der Waals surface area contributed by atoms with Crippen LogP contribution in [0.25, 0.3) is 0 Å². The Balaban J connectivity index is 0. The van der Waals surface area contributed by atoms with Crippen molar-refractivity contribution in [3.63, 3.8) is 0 Å². The van der Waals surface area contributed by atoms with Gasteiger partial charge < -0.3 is 14.6 Å². The Hall–Kier alpha value is -1.72. The molecule has 0 saturated heterocycles. The van der Waals surface area contributed by atoms with Crippen LogP contribution in [0.2, 0.25) is 0 Å². The molecule has 0 aromatic rings. The number of esters is 1. The molecule has 0 fully saturated rings. The fourth-order valence-corrected chi connectivity index (χ4v) is 0.496. The number of aldehydes is 1. The van der Waals surface area contributed by atoms with Gasteiger partial charge >= 0.3 is 11.9 Å². The van der Waals surface area contributed by atoms with E-state index in [1.807, 2.05) is 0 Å². The number of carbonyl (C=O) groups excluding carboxylic acids is 3. The highest BCUT2D eigenvalue weighted by atomic mass is 16.5. The summed E-state index contributed by atoms with van der Waals surface area (Å²) in [5.74, 6) is -3.38. The van der Waals surface area contributed by atoms with Gasteiger partial charge in [-0.25, -0.2) is 4.79 Å². The first kappa shape index (κ1) is 17.7. The Kier molecular flexibility index (Phi) is 9.88. The van der Waals surface area contributed by atoms with Gasteiger partial charge in [0.2, 0.25) is 5.78 Å². The number of ketones is 1. The fraction of sp³-hybridized carbons (Fsp3) is 0.636. The molecular weight excluding hydrogens is 228 g/mol. The number of hydrogen-bond donors (Lipinski definition) is 1. The normalized spacial score (nSPS) is 10.9. The van der Waals surface area contributed by atoms with Crippen molar-refractivity contribution in [2.45, 2.75) is 27.7 Å². The van der Waals surface area contributed by atoms with Crippen LogP contribution < -0.4 is 0 Å². The Morgan fingerprint density at radius 1 is 1.24 bits per heavy atom. The second kappa shape index (κ2) is 9.50. The maximum atomic E-state index is 10.8. The third-order valence-electron chi connectivity index (χ3n) is 1.59. The van der Waals surface area contributed by atoms with E-state index in [1.54, 1.807) is 20.8 Å². The molecule has 6 heteroatoms. The highest BCUT2D eigenvalue weighted by molar-refractivity contribution is 6.34. The van der Waals surface area contributed by atoms with Crippen molar-refractivity contribution in [3.05, 3.63) is 0 Å². The zero-order valence-electron chi connectivity index (χ0n) is 10.4. The fourth-order valence-electron chi connectivity index (χ4n) is 0.496. The Bertz CT molecular complexity index is 282. The summed E-state index contributed by atoms with van der Waals surface area (Å²) in [6.07, 6.45) is 0.391. The molecule has 0 aliphatic carbocycles. The zero-order chi connectivity index (χ0) is 14.0. The summed E-state index contributed by atoms with van der Waals surface area (Å²) in [6, 6.07) is 0. The molecule has 17 heavy (non-hydrogen) atoms. The molecular formula is C11H18O6. The van der Waals surface area contributed by atoms with Crippen LogP contribution >= 0.6 is 0 Å². The molecule has 0 aliphatic heterocycles. The quantitative estimate of drug-likeness (QED) is 0.331. The van der Waals surface area contributed by atoms with E-state index in [9.17, 15) is 19.2 Å². The Labute approximate surface area is 99.9 Å². The number of ether oxygens (including phenoxy) is 1. The summed E-state index contributed by atoms with van der Waals surface area (Å²) < 4.78 is 4.48. The van der Waals surface area contributed by atoms with Crippen LogP contribution in [0.4, 0.5) is 0 Å². The molecule has 0 radical (unpaired) electrons. The van der Waals surface area contributed by atoms with E-state index in [0.717, 1.165) is 0 Å². The summed E-state index contributed by atoms with van der Waals surface area (Å²) >= 11 is 0. The minimum atomic E-state index is -1.07. The van der Waals surface area contributed by atoms with Gasteiger partial charge in [-0.2, -0.15) is 0 Å². The van der Waals surface area contributed by atoms with E-state index < -0.39 is 23.6 Å². The SMILES string of the molecule is CC(C=O)C(=O)O.CCOC(=O)C(=O)C(C)C. The van der Waals surface area contributed by atoms with Gasteiger partial charge in [0, 0.05) is 5.92 Å². The van der Waals surface area contributed by atoms with Crippen LogP contribution in [0.15, 0.2) is 0 Å². The van der Waals surface area contributed by atoms with Crippen molar-refractivity contribution in [2.24, 2.45) is 11.8 Å². The van der Waals surface area contributed by atoms with E-state index in [-0.39, 0.29) is 12.5 Å². The Morgan fingerprint density at radius 3 is 1.88 bits per heavy atom. The van der Waals surface area contributed by atoms with E-state index in [0.29, 0.717) is 6.29 Å². The molecule has 0 aromatic heterocycles. The lowest BCUT2D eigenvalue weighted by molar-refractivity contribution is -0.154. The van der Waals surface area contributed by atoms with Gasteiger partial charge in [0.05, 0.1) is 6.61 Å². The van der Waals surface area contributed by atoms with Crippen molar-refractivity contribution in [3.8, 4) is 0 Å². The average molecular weight is 246 g/mol. The highest BCUT2D eigenvalue weighted by Crippen LogP contribution is 1.95. The number of aliphatic carboxylic acids is 1. The number of carbonyl (C=O) groups is 4. The molecule has 1 unspecified atom stereocenters. The standard InChI is InChI=1S/C7H12O3.C4H6O3/c1-4-10-7(9)6(8)5(2)3;1-3(2-5)4(6)7/h5H,4H2,1-3H3;2-3H,1H3,(H,6,7). The topological polar surface area (TPSA) is 97.7 Å². The van der Waals surface area contributed by atoms with Gasteiger partial charge in [0.1, 0.15) is 12.2 Å². The smallest absolute Gasteiger partial charge is 0.374 e. The maximum absolute atomic E-state index is 10.8. The molecule has 0 bridgehead atoms. The zero-order valence-corrected chi connectivity index (χ0v) is 10.4. The van der Waals surface area contributed by atoms with Gasteiger partial charge in [0.15, 0.2) is 0 Å². The molecule has 0 spiro atoms. The molecule has 0 saturated carbocycles. The first-order valence-electron chi connectivity index (χ1n) is 5.16. The average Bonchev–Trinajstić information content (AvgIpc) is 2.27. The minimum Gasteiger partial charge on any atom is -0.481 e. The van der Waals surface area contributed by atoms with Crippen molar-refractivity contribution < 1.29 is 29.0 Å². The van der Waals surface area contributed by atoms with Crippen LogP contribution in [-0.2, 0) is 23.9 Å². The van der Waals surface area contributed by atoms with Crippen LogP contribution in [0.5, 0.6) is 0 Å². The lowest BCUT2D eigenvalue weighted by Gasteiger charge is -2.01. The van der Waals surface area contributed by atoms with Crippen molar-refractivity contribution >= 4 is 24.0 Å². The number of carboxylic acids is 1. The molecule has 0 amide bonds. The minimum absolute atomic E-state index is 0.261. The number of hydrogen-bond acceptors (Lipinski definition) is 5. The van der Waals surface area contributed by atoms with Crippen molar-refractivity contribution in [1.29, 1.82) is 0 Å². The second-order valence-corrected chi connectivity index (χ2v) is 3.50. The van der Waals surface area contributed by atoms with Crippen molar-refractivity contribution in [1.82, 2.24) is 0 Å². The molecule has 0 aromatic carbocycles. The lowest BCUT2D eigenvalue weighted by Crippen LogP contribution is -2.21. The number of carboxylic acid groups (broad SMARTS) is 1. The molecule has 1 N–H and O–H groups in total. The number of Topliss-reactive ketones (excluding diaryl/α,β-unsaturated/α-hetero) is 1. The highest BCUT2D eigenvalue weighted by Gasteiger charge is 2.17. The maximum Gasteiger partial charge on any atom is 0.374 e. The van der Waals surface area contributed by atoms with Gasteiger partial charge in [0.25, 0.3) is 0 Å². The van der Waals surface area contributed by atoms with E-state index >= 15 is 0 Å². The lowest BCUT2D eigenvalue weighted by atomic mass is 10.1. The van der Waals surface area contributed by atoms with Gasteiger partial charge in [-0.1, -0.05) is 13.8 Å². The first-order valence-corrected chi connectivity index (χ1v) is 5.16. The first-order chi connectivity index (χ1) is 7.77. The van der Waals surface area contributed by atoms with Gasteiger partial charge in [-0.15, -0.1) is 0 Å². The summed E-state index contributed by atoms with van der Waals surface area (Å²) in [6.45, 7) is 6.59. The summed E-state index contributed by atoms with van der Waals surface area (Å²) in [5, 5.41) is 7.95. The van der Waals surface area contributed by atoms with Crippen LogP contribution in [-0.4, -0.2) is 35.7 Å². The predicted molar refractivity (Wildman–Crippen MR) is 59.3 cm³/mol. The van der Waals surface area contributed by atoms with E-state index in [1.165, 1.54) is 6.92 Å². The molecule has 0 heterocycles. The van der Waals surface area contributed by atoms with E-state index in [2.05, 4.69) is 4.74 Å². The second-order valence-electron chi connectivity index (χ2n) is 3.50.